The van der Waals surface area contributed by atoms with Gasteiger partial charge < -0.3 is 4.74 Å². The van der Waals surface area contributed by atoms with Gasteiger partial charge in [0.2, 0.25) is 0 Å². The third kappa shape index (κ3) is 5.97. The van der Waals surface area contributed by atoms with Gasteiger partial charge >= 0.3 is 5.97 Å². The molecular formula is C26H28O5. The third-order valence-electron chi connectivity index (χ3n) is 5.51. The second kappa shape index (κ2) is 10.8. The monoisotopic (exact) mass is 420 g/mol. The summed E-state index contributed by atoms with van der Waals surface area (Å²) in [5, 5.41) is 0. The van der Waals surface area contributed by atoms with E-state index in [2.05, 4.69) is 6.92 Å². The third-order valence-corrected chi connectivity index (χ3v) is 5.51. The van der Waals surface area contributed by atoms with Crippen LogP contribution in [0, 0.1) is 5.92 Å². The van der Waals surface area contributed by atoms with Crippen LogP contribution < -0.4 is 4.74 Å². The van der Waals surface area contributed by atoms with Crippen molar-refractivity contribution in [2.45, 2.75) is 58.3 Å². The van der Waals surface area contributed by atoms with Crippen molar-refractivity contribution < 1.29 is 23.9 Å². The molecule has 0 aromatic heterocycles. The summed E-state index contributed by atoms with van der Waals surface area (Å²) in [6, 6.07) is 11.1. The van der Waals surface area contributed by atoms with Crippen LogP contribution in [0.2, 0.25) is 0 Å². The molecular weight excluding hydrogens is 392 g/mol. The normalized spacial score (nSPS) is 12.9. The van der Waals surface area contributed by atoms with Crippen molar-refractivity contribution in [2.24, 2.45) is 5.92 Å². The Labute approximate surface area is 182 Å². The van der Waals surface area contributed by atoms with Gasteiger partial charge in [-0.2, -0.15) is 0 Å². The number of ketones is 2. The SMILES string of the molecule is CCCCCCCC(=O)c1ccc(OC(=O)C2CC2)c(C(=O)c2ccccc2C=O)c1. The van der Waals surface area contributed by atoms with E-state index in [1.54, 1.807) is 30.3 Å². The molecule has 31 heavy (non-hydrogen) atoms. The van der Waals surface area contributed by atoms with Gasteiger partial charge in [-0.1, -0.05) is 56.9 Å². The molecule has 2 aromatic rings. The first-order chi connectivity index (χ1) is 15.0. The minimum Gasteiger partial charge on any atom is -0.426 e. The maximum Gasteiger partial charge on any atom is 0.314 e. The Bertz CT molecular complexity index is 972. The zero-order chi connectivity index (χ0) is 22.2. The van der Waals surface area contributed by atoms with Crippen LogP contribution in [-0.2, 0) is 4.79 Å². The van der Waals surface area contributed by atoms with E-state index < -0.39 is 5.78 Å². The van der Waals surface area contributed by atoms with Crippen molar-refractivity contribution in [1.29, 1.82) is 0 Å². The van der Waals surface area contributed by atoms with Crippen LogP contribution in [0.1, 0.15) is 94.9 Å². The first kappa shape index (κ1) is 22.6. The van der Waals surface area contributed by atoms with Crippen molar-refractivity contribution in [2.75, 3.05) is 0 Å². The van der Waals surface area contributed by atoms with E-state index in [-0.39, 0.29) is 40.1 Å². The number of benzene rings is 2. The fraction of sp³-hybridized carbons (Fsp3) is 0.385. The van der Waals surface area contributed by atoms with Crippen molar-refractivity contribution in [3.63, 3.8) is 0 Å². The van der Waals surface area contributed by atoms with Crippen LogP contribution in [0.15, 0.2) is 42.5 Å². The van der Waals surface area contributed by atoms with Crippen LogP contribution in [0.4, 0.5) is 0 Å². The standard InChI is InChI=1S/C26H28O5/c1-2-3-4-5-6-11-23(28)19-14-15-24(31-26(30)18-12-13-18)22(16-19)25(29)21-10-8-7-9-20(21)17-27/h7-10,14-18H,2-6,11-13H2,1H3. The highest BCUT2D eigenvalue weighted by molar-refractivity contribution is 6.15. The number of esters is 1. The number of hydrogen-bond donors (Lipinski definition) is 0. The van der Waals surface area contributed by atoms with Gasteiger partial charge in [-0.15, -0.1) is 0 Å². The Morgan fingerprint density at radius 1 is 0.968 bits per heavy atom. The molecule has 1 saturated carbocycles. The number of ether oxygens (including phenoxy) is 1. The number of hydrogen-bond acceptors (Lipinski definition) is 5. The molecule has 3 rings (SSSR count). The molecule has 0 aliphatic heterocycles. The number of aldehydes is 1. The van der Waals surface area contributed by atoms with Crippen molar-refractivity contribution >= 4 is 23.8 Å². The van der Waals surface area contributed by atoms with Crippen LogP contribution in [0.3, 0.4) is 0 Å². The number of Topliss-reactive ketones (excluding diaryl/α,β-unsaturated/α-hetero) is 1. The average molecular weight is 421 g/mol. The molecule has 5 heteroatoms. The fourth-order valence-electron chi connectivity index (χ4n) is 3.47. The second-order valence-electron chi connectivity index (χ2n) is 8.03. The minimum atomic E-state index is -0.445. The van der Waals surface area contributed by atoms with Crippen molar-refractivity contribution in [1.82, 2.24) is 0 Å². The predicted molar refractivity (Wildman–Crippen MR) is 118 cm³/mol. The summed E-state index contributed by atoms with van der Waals surface area (Å²) < 4.78 is 5.49. The van der Waals surface area contributed by atoms with E-state index in [1.165, 1.54) is 12.1 Å². The maximum absolute atomic E-state index is 13.3. The highest BCUT2D eigenvalue weighted by atomic mass is 16.5. The van der Waals surface area contributed by atoms with Crippen LogP contribution in [0.25, 0.3) is 0 Å². The topological polar surface area (TPSA) is 77.5 Å². The molecule has 1 aliphatic carbocycles. The fourth-order valence-corrected chi connectivity index (χ4v) is 3.47. The van der Waals surface area contributed by atoms with Gasteiger partial charge in [-0.05, 0) is 37.5 Å². The molecule has 0 bridgehead atoms. The quantitative estimate of drug-likeness (QED) is 0.147. The molecule has 0 saturated heterocycles. The molecule has 0 atom stereocenters. The smallest absolute Gasteiger partial charge is 0.314 e. The number of carbonyl (C=O) groups is 4. The Balaban J connectivity index is 1.86. The molecule has 1 aliphatic rings. The van der Waals surface area contributed by atoms with Crippen molar-refractivity contribution in [3.8, 4) is 5.75 Å². The molecule has 1 fully saturated rings. The number of unbranched alkanes of at least 4 members (excludes halogenated alkanes) is 4. The Morgan fingerprint density at radius 3 is 2.42 bits per heavy atom. The molecule has 2 aromatic carbocycles. The van der Waals surface area contributed by atoms with E-state index in [0.29, 0.717) is 18.3 Å². The van der Waals surface area contributed by atoms with Gasteiger partial charge in [-0.25, -0.2) is 0 Å². The van der Waals surface area contributed by atoms with Crippen molar-refractivity contribution in [3.05, 3.63) is 64.7 Å². The van der Waals surface area contributed by atoms with Crippen LogP contribution >= 0.6 is 0 Å². The summed E-state index contributed by atoms with van der Waals surface area (Å²) in [6.07, 6.45) is 7.79. The molecule has 0 radical (unpaired) electrons. The van der Waals surface area contributed by atoms with Gasteiger partial charge in [0.25, 0.3) is 0 Å². The van der Waals surface area contributed by atoms with E-state index in [0.717, 1.165) is 44.9 Å². The highest BCUT2D eigenvalue weighted by Gasteiger charge is 2.32. The Morgan fingerprint density at radius 2 is 1.71 bits per heavy atom. The summed E-state index contributed by atoms with van der Waals surface area (Å²) in [5.41, 5.74) is 0.999. The minimum absolute atomic E-state index is 0.0470. The molecule has 0 spiro atoms. The maximum atomic E-state index is 13.3. The largest absolute Gasteiger partial charge is 0.426 e. The summed E-state index contributed by atoms with van der Waals surface area (Å²) >= 11 is 0. The lowest BCUT2D eigenvalue weighted by molar-refractivity contribution is -0.135. The van der Waals surface area contributed by atoms with E-state index in [1.807, 2.05) is 0 Å². The predicted octanol–water partition coefficient (Wildman–Crippen LogP) is 5.59. The highest BCUT2D eigenvalue weighted by Crippen LogP contribution is 2.33. The van der Waals surface area contributed by atoms with E-state index >= 15 is 0 Å². The average Bonchev–Trinajstić information content (AvgIpc) is 3.64. The zero-order valence-electron chi connectivity index (χ0n) is 17.9. The molecule has 0 heterocycles. The van der Waals surface area contributed by atoms with E-state index in [4.69, 9.17) is 4.74 Å². The summed E-state index contributed by atoms with van der Waals surface area (Å²) in [7, 11) is 0. The summed E-state index contributed by atoms with van der Waals surface area (Å²) in [5.74, 6) is -0.863. The first-order valence-electron chi connectivity index (χ1n) is 11.0. The van der Waals surface area contributed by atoms with Gasteiger partial charge in [0.15, 0.2) is 17.9 Å². The lowest BCUT2D eigenvalue weighted by Gasteiger charge is -2.12. The first-order valence-corrected chi connectivity index (χ1v) is 11.0. The number of carbonyl (C=O) groups excluding carboxylic acids is 4. The second-order valence-corrected chi connectivity index (χ2v) is 8.03. The van der Waals surface area contributed by atoms with Gasteiger partial charge in [0.05, 0.1) is 11.5 Å². The van der Waals surface area contributed by atoms with Gasteiger partial charge in [0, 0.05) is 23.1 Å². The van der Waals surface area contributed by atoms with Gasteiger partial charge in [0.1, 0.15) is 5.75 Å². The molecule has 162 valence electrons. The molecule has 5 nitrogen and oxygen atoms in total. The van der Waals surface area contributed by atoms with E-state index in [9.17, 15) is 19.2 Å². The molecule has 0 N–H and O–H groups in total. The zero-order valence-corrected chi connectivity index (χ0v) is 17.9. The Hall–Kier alpha value is -3.08. The number of rotatable bonds is 12. The summed E-state index contributed by atoms with van der Waals surface area (Å²) in [4.78, 5) is 49.5. The molecule has 0 unspecified atom stereocenters. The Kier molecular flexibility index (Phi) is 7.88. The van der Waals surface area contributed by atoms with Crippen LogP contribution in [0.5, 0.6) is 5.75 Å². The van der Waals surface area contributed by atoms with Crippen LogP contribution in [-0.4, -0.2) is 23.8 Å². The molecule has 0 amide bonds. The summed E-state index contributed by atoms with van der Waals surface area (Å²) in [6.45, 7) is 2.14. The van der Waals surface area contributed by atoms with Gasteiger partial charge in [-0.3, -0.25) is 19.2 Å². The lowest BCUT2D eigenvalue weighted by Crippen LogP contribution is -2.15. The lowest BCUT2D eigenvalue weighted by atomic mass is 9.95.